The molecule has 2 fully saturated rings. The van der Waals surface area contributed by atoms with Crippen molar-refractivity contribution in [3.63, 3.8) is 0 Å². The second-order valence-electron chi connectivity index (χ2n) is 11.6. The van der Waals surface area contributed by atoms with E-state index < -0.39 is 5.97 Å². The predicted molar refractivity (Wildman–Crippen MR) is 114 cm³/mol. The van der Waals surface area contributed by atoms with Gasteiger partial charge in [0.1, 0.15) is 0 Å². The highest BCUT2D eigenvalue weighted by Crippen LogP contribution is 2.66. The van der Waals surface area contributed by atoms with Crippen LogP contribution in [0.15, 0.2) is 23.3 Å². The number of hydrogen-bond acceptors (Lipinski definition) is 2. The molecule has 1 amide bonds. The highest BCUT2D eigenvalue weighted by molar-refractivity contribution is 5.87. The Morgan fingerprint density at radius 2 is 1.83 bits per heavy atom. The summed E-state index contributed by atoms with van der Waals surface area (Å²) in [5, 5.41) is 12.7. The summed E-state index contributed by atoms with van der Waals surface area (Å²) in [6, 6.07) is 0. The van der Waals surface area contributed by atoms with Gasteiger partial charge < -0.3 is 10.4 Å². The lowest BCUT2D eigenvalue weighted by Gasteiger charge is -2.57. The molecule has 160 valence electrons. The Labute approximate surface area is 175 Å². The summed E-state index contributed by atoms with van der Waals surface area (Å²) >= 11 is 0. The van der Waals surface area contributed by atoms with Crippen molar-refractivity contribution in [1.29, 1.82) is 0 Å². The molecule has 4 aliphatic carbocycles. The van der Waals surface area contributed by atoms with E-state index in [1.54, 1.807) is 0 Å². The second-order valence-corrected chi connectivity index (χ2v) is 11.6. The van der Waals surface area contributed by atoms with Crippen LogP contribution in [-0.4, -0.2) is 22.5 Å². The number of carbonyl (C=O) groups excluding carboxylic acids is 1. The molecule has 29 heavy (non-hydrogen) atoms. The minimum atomic E-state index is -0.769. The number of fused-ring (bicyclic) bond motifs is 5. The Balaban J connectivity index is 1.60. The maximum Gasteiger partial charge on any atom is 0.331 e. The lowest BCUT2D eigenvalue weighted by atomic mass is 9.48. The predicted octanol–water partition coefficient (Wildman–Crippen LogP) is 5.10. The Morgan fingerprint density at radius 1 is 1.10 bits per heavy atom. The zero-order chi connectivity index (χ0) is 21.2. The number of carboxylic acid groups (broad SMARTS) is 1. The average molecular weight is 400 g/mol. The van der Waals surface area contributed by atoms with Gasteiger partial charge >= 0.3 is 5.97 Å². The number of nitrogens with one attached hydrogen (secondary N) is 1. The Kier molecular flexibility index (Phi) is 4.79. The summed E-state index contributed by atoms with van der Waals surface area (Å²) in [5.41, 5.74) is 1.82. The summed E-state index contributed by atoms with van der Waals surface area (Å²) in [4.78, 5) is 24.6. The van der Waals surface area contributed by atoms with Crippen LogP contribution in [0.25, 0.3) is 0 Å². The number of aliphatic carboxylic acids is 1. The van der Waals surface area contributed by atoms with E-state index in [-0.39, 0.29) is 28.2 Å². The van der Waals surface area contributed by atoms with E-state index in [0.29, 0.717) is 29.7 Å². The van der Waals surface area contributed by atoms with Crippen molar-refractivity contribution in [3.8, 4) is 0 Å². The van der Waals surface area contributed by atoms with Gasteiger partial charge in [0.05, 0.1) is 0 Å². The van der Waals surface area contributed by atoms with E-state index in [2.05, 4.69) is 46.0 Å². The Morgan fingerprint density at radius 3 is 2.48 bits per heavy atom. The van der Waals surface area contributed by atoms with Crippen LogP contribution in [0.4, 0.5) is 0 Å². The highest BCUT2D eigenvalue weighted by atomic mass is 16.4. The molecule has 0 heterocycles. The number of amides is 1. The van der Waals surface area contributed by atoms with Crippen molar-refractivity contribution in [2.24, 2.45) is 34.5 Å². The van der Waals surface area contributed by atoms with Gasteiger partial charge in [-0.3, -0.25) is 4.79 Å². The van der Waals surface area contributed by atoms with Crippen LogP contribution >= 0.6 is 0 Å². The van der Waals surface area contributed by atoms with E-state index in [0.717, 1.165) is 38.5 Å². The molecular formula is C25H37NO3. The van der Waals surface area contributed by atoms with Crippen LogP contribution in [0, 0.1) is 34.5 Å². The molecule has 0 aromatic heterocycles. The first-order valence-corrected chi connectivity index (χ1v) is 11.4. The van der Waals surface area contributed by atoms with Gasteiger partial charge in [-0.05, 0) is 106 Å². The molecule has 4 nitrogen and oxygen atoms in total. The molecule has 0 spiro atoms. The third-order valence-electron chi connectivity index (χ3n) is 8.86. The summed E-state index contributed by atoms with van der Waals surface area (Å²) in [6.45, 7) is 10.9. The SMILES string of the molecule is CC(C)(C)NC(=O)[C@H]1CCC2C3CC=C4C=C(C(=O)O)CC[C@]4(C)C3CC[C@@]21C. The lowest BCUT2D eigenvalue weighted by molar-refractivity contribution is -0.133. The van der Waals surface area contributed by atoms with Crippen LogP contribution < -0.4 is 5.32 Å². The molecule has 4 aliphatic rings. The minimum Gasteiger partial charge on any atom is -0.478 e. The first-order chi connectivity index (χ1) is 13.5. The molecular weight excluding hydrogens is 362 g/mol. The van der Waals surface area contributed by atoms with Crippen molar-refractivity contribution in [2.45, 2.75) is 85.1 Å². The molecule has 0 aliphatic heterocycles. The number of allylic oxidation sites excluding steroid dienone is 3. The quantitative estimate of drug-likeness (QED) is 0.679. The summed E-state index contributed by atoms with van der Waals surface area (Å²) in [7, 11) is 0. The van der Waals surface area contributed by atoms with Crippen molar-refractivity contribution >= 4 is 11.9 Å². The maximum atomic E-state index is 13.1. The van der Waals surface area contributed by atoms with E-state index >= 15 is 0 Å². The maximum absolute atomic E-state index is 13.1. The average Bonchev–Trinajstić information content (AvgIpc) is 2.96. The van der Waals surface area contributed by atoms with Gasteiger partial charge in [-0.25, -0.2) is 4.79 Å². The van der Waals surface area contributed by atoms with Gasteiger partial charge in [-0.1, -0.05) is 19.9 Å². The number of hydrogen-bond donors (Lipinski definition) is 2. The van der Waals surface area contributed by atoms with Crippen molar-refractivity contribution in [2.75, 3.05) is 0 Å². The lowest BCUT2D eigenvalue weighted by Crippen LogP contribution is -2.52. The van der Waals surface area contributed by atoms with Crippen LogP contribution in [0.5, 0.6) is 0 Å². The zero-order valence-electron chi connectivity index (χ0n) is 18.7. The van der Waals surface area contributed by atoms with Gasteiger partial charge in [0.2, 0.25) is 5.91 Å². The Bertz CT molecular complexity index is 788. The molecule has 4 heteroatoms. The zero-order valence-corrected chi connectivity index (χ0v) is 18.7. The van der Waals surface area contributed by atoms with Crippen molar-refractivity contribution in [1.82, 2.24) is 5.32 Å². The third kappa shape index (κ3) is 3.27. The van der Waals surface area contributed by atoms with Crippen LogP contribution in [-0.2, 0) is 9.59 Å². The molecule has 0 bridgehead atoms. The van der Waals surface area contributed by atoms with Gasteiger partial charge in [-0.15, -0.1) is 0 Å². The van der Waals surface area contributed by atoms with E-state index in [1.165, 1.54) is 5.57 Å². The molecule has 0 aromatic carbocycles. The fraction of sp³-hybridized carbons (Fsp3) is 0.760. The fourth-order valence-electron chi connectivity index (χ4n) is 7.38. The molecule has 4 rings (SSSR count). The van der Waals surface area contributed by atoms with Crippen LogP contribution in [0.2, 0.25) is 0 Å². The monoisotopic (exact) mass is 399 g/mol. The number of rotatable bonds is 2. The first kappa shape index (κ1) is 20.7. The molecule has 2 saturated carbocycles. The van der Waals surface area contributed by atoms with Gasteiger partial charge in [-0.2, -0.15) is 0 Å². The normalized spacial score (nSPS) is 41.4. The molecule has 0 aromatic rings. The van der Waals surface area contributed by atoms with E-state index in [9.17, 15) is 14.7 Å². The van der Waals surface area contributed by atoms with E-state index in [4.69, 9.17) is 0 Å². The molecule has 6 atom stereocenters. The van der Waals surface area contributed by atoms with Crippen molar-refractivity contribution < 1.29 is 14.7 Å². The van der Waals surface area contributed by atoms with Gasteiger partial charge in [0.25, 0.3) is 0 Å². The number of carboxylic acids is 1. The molecule has 2 N–H and O–H groups in total. The van der Waals surface area contributed by atoms with Crippen molar-refractivity contribution in [3.05, 3.63) is 23.3 Å². The minimum absolute atomic E-state index is 0.0922. The van der Waals surface area contributed by atoms with Crippen LogP contribution in [0.3, 0.4) is 0 Å². The Hall–Kier alpha value is -1.58. The number of carbonyl (C=O) groups is 2. The van der Waals surface area contributed by atoms with E-state index in [1.807, 2.05) is 6.08 Å². The van der Waals surface area contributed by atoms with Gasteiger partial charge in [0.15, 0.2) is 0 Å². The third-order valence-corrected chi connectivity index (χ3v) is 8.86. The standard InChI is InChI=1S/C25H37NO3/c1-23(2,3)26-21(27)20-9-8-18-17-7-6-16-14-15(22(28)29)10-12-24(16,4)19(17)11-13-25(18,20)5/h6,14,17-20H,7-13H2,1-5H3,(H,26,27)(H,28,29)/t17?,18?,19?,20-,24+,25+/m1/s1. The second kappa shape index (κ2) is 6.72. The summed E-state index contributed by atoms with van der Waals surface area (Å²) < 4.78 is 0. The molecule has 3 unspecified atom stereocenters. The molecule has 0 saturated heterocycles. The summed E-state index contributed by atoms with van der Waals surface area (Å²) in [5.74, 6) is 1.42. The fourth-order valence-corrected chi connectivity index (χ4v) is 7.38. The largest absolute Gasteiger partial charge is 0.478 e. The summed E-state index contributed by atoms with van der Waals surface area (Å²) in [6.07, 6.45) is 11.4. The molecule has 0 radical (unpaired) electrons. The topological polar surface area (TPSA) is 66.4 Å². The first-order valence-electron chi connectivity index (χ1n) is 11.4. The smallest absolute Gasteiger partial charge is 0.331 e. The van der Waals surface area contributed by atoms with Crippen LogP contribution in [0.1, 0.15) is 79.6 Å². The highest BCUT2D eigenvalue weighted by Gasteiger charge is 2.59. The van der Waals surface area contributed by atoms with Gasteiger partial charge in [0, 0.05) is 17.0 Å².